The molecule has 0 aromatic carbocycles. The van der Waals surface area contributed by atoms with Crippen molar-refractivity contribution >= 4 is 12.1 Å². The number of carbonyl (C=O) groups excluding carboxylic acids is 2. The minimum Gasteiger partial charge on any atom is -0.457 e. The highest BCUT2D eigenvalue weighted by atomic mass is 16.6. The molecule has 0 radical (unpaired) electrons. The van der Waals surface area contributed by atoms with Crippen LogP contribution in [0.2, 0.25) is 0 Å². The van der Waals surface area contributed by atoms with E-state index >= 15 is 0 Å². The fraction of sp³-hybridized carbons (Fsp3) is 0.649. The van der Waals surface area contributed by atoms with E-state index in [0.717, 1.165) is 24.4 Å². The number of amides is 1. The van der Waals surface area contributed by atoms with E-state index in [4.69, 9.17) is 9.47 Å². The summed E-state index contributed by atoms with van der Waals surface area (Å²) in [5, 5.41) is 10.6. The zero-order chi connectivity index (χ0) is 32.2. The van der Waals surface area contributed by atoms with Crippen LogP contribution in [0.25, 0.3) is 0 Å². The van der Waals surface area contributed by atoms with Crippen LogP contribution in [0.4, 0.5) is 4.79 Å². The standard InChI is InChI=1S/C37H55N3O5/c1-27(33-16-9-10-21-38-33)12-11-13-29(3)36-30(4)18-20-34(28(2)17-19-32(41)26-35(42)45-36)44-37(43)40-24-22-39(23-25-40)31-14-7-5-6-8-15-31/h9-13,16,18,20-21,27-28,30-32,34,36,41H,5-8,14-15,17,19,22-26H2,1-4H3/b12-11+,20-18+,29-13+/t27?,28-,30+,32+,34+,36-/m1/s1. The number of hydrogen-bond acceptors (Lipinski definition) is 7. The number of piperazine rings is 1. The molecule has 2 aliphatic heterocycles. The Morgan fingerprint density at radius 1 is 1.04 bits per heavy atom. The summed E-state index contributed by atoms with van der Waals surface area (Å²) in [7, 11) is 0. The van der Waals surface area contributed by atoms with Gasteiger partial charge in [-0.25, -0.2) is 4.79 Å². The summed E-state index contributed by atoms with van der Waals surface area (Å²) >= 11 is 0. The molecule has 0 spiro atoms. The number of aliphatic hydroxyl groups excluding tert-OH is 1. The molecule has 1 aromatic heterocycles. The Hall–Kier alpha value is -2.97. The quantitative estimate of drug-likeness (QED) is 0.161. The first kappa shape index (κ1) is 34.9. The first-order chi connectivity index (χ1) is 21.7. The lowest BCUT2D eigenvalue weighted by atomic mass is 9.92. The molecule has 3 aliphatic rings. The zero-order valence-electron chi connectivity index (χ0n) is 27.9. The summed E-state index contributed by atoms with van der Waals surface area (Å²) in [5.41, 5.74) is 1.88. The predicted octanol–water partition coefficient (Wildman–Crippen LogP) is 6.82. The molecule has 1 N–H and O–H groups in total. The van der Waals surface area contributed by atoms with Crippen LogP contribution in [0, 0.1) is 11.8 Å². The Morgan fingerprint density at radius 2 is 1.78 bits per heavy atom. The Morgan fingerprint density at radius 3 is 2.47 bits per heavy atom. The fourth-order valence-corrected chi connectivity index (χ4v) is 6.75. The van der Waals surface area contributed by atoms with Crippen LogP contribution >= 0.6 is 0 Å². The average Bonchev–Trinajstić information content (AvgIpc) is 3.34. The lowest BCUT2D eigenvalue weighted by Gasteiger charge is -2.39. The van der Waals surface area contributed by atoms with Crippen LogP contribution in [0.15, 0.2) is 60.3 Å². The SMILES string of the molecule is C/C(=C\C=C\C(C)c1ccccn1)[C@H]1OC(=O)C[C@@H](O)CC[C@@H](C)[C@@H](OC(=O)N2CCN(C3CCCCCC3)CC2)/C=C/[C@@H]1C. The maximum Gasteiger partial charge on any atom is 0.410 e. The van der Waals surface area contributed by atoms with Crippen molar-refractivity contribution in [2.24, 2.45) is 11.8 Å². The predicted molar refractivity (Wildman–Crippen MR) is 178 cm³/mol. The Balaban J connectivity index is 1.42. The number of aliphatic hydroxyl groups is 1. The number of allylic oxidation sites excluding steroid dienone is 3. The number of carbonyl (C=O) groups is 2. The largest absolute Gasteiger partial charge is 0.457 e. The monoisotopic (exact) mass is 621 g/mol. The number of esters is 1. The normalized spacial score (nSPS) is 30.1. The van der Waals surface area contributed by atoms with Gasteiger partial charge in [-0.1, -0.05) is 76.8 Å². The number of hydrogen-bond donors (Lipinski definition) is 1. The Kier molecular flexibility index (Phi) is 13.7. The van der Waals surface area contributed by atoms with E-state index in [9.17, 15) is 14.7 Å². The summed E-state index contributed by atoms with van der Waals surface area (Å²) in [4.78, 5) is 35.0. The lowest BCUT2D eigenvalue weighted by Crippen LogP contribution is -2.52. The van der Waals surface area contributed by atoms with Gasteiger partial charge in [-0.2, -0.15) is 0 Å². The Bertz CT molecular complexity index is 1150. The van der Waals surface area contributed by atoms with Crippen LogP contribution in [0.5, 0.6) is 0 Å². The number of aromatic nitrogens is 1. The molecule has 0 bridgehead atoms. The highest BCUT2D eigenvalue weighted by molar-refractivity contribution is 5.70. The number of nitrogens with zero attached hydrogens (tertiary/aromatic N) is 3. The van der Waals surface area contributed by atoms with Gasteiger partial charge >= 0.3 is 12.1 Å². The molecular formula is C37H55N3O5. The smallest absolute Gasteiger partial charge is 0.410 e. The summed E-state index contributed by atoms with van der Waals surface area (Å²) in [6.45, 7) is 11.3. The van der Waals surface area contributed by atoms with Gasteiger partial charge in [0.05, 0.1) is 12.5 Å². The van der Waals surface area contributed by atoms with Crippen molar-refractivity contribution in [1.29, 1.82) is 0 Å². The minimum absolute atomic E-state index is 0.0131. The number of rotatable bonds is 6. The second kappa shape index (κ2) is 17.7. The molecule has 1 unspecified atom stereocenters. The molecule has 1 aromatic rings. The van der Waals surface area contributed by atoms with Gasteiger partial charge in [-0.15, -0.1) is 0 Å². The van der Waals surface area contributed by atoms with Crippen molar-refractivity contribution in [1.82, 2.24) is 14.8 Å². The molecule has 3 heterocycles. The van der Waals surface area contributed by atoms with Crippen LogP contribution in [-0.2, 0) is 14.3 Å². The summed E-state index contributed by atoms with van der Waals surface area (Å²) in [6.07, 6.45) is 18.6. The second-order valence-electron chi connectivity index (χ2n) is 13.4. The molecule has 6 atom stereocenters. The van der Waals surface area contributed by atoms with Gasteiger partial charge in [0.1, 0.15) is 12.2 Å². The van der Waals surface area contributed by atoms with Gasteiger partial charge in [-0.05, 0) is 62.3 Å². The summed E-state index contributed by atoms with van der Waals surface area (Å²) in [5.74, 6) is -0.454. The third-order valence-electron chi connectivity index (χ3n) is 9.77. The molecule has 248 valence electrons. The minimum atomic E-state index is -0.809. The molecule has 1 saturated carbocycles. The molecule has 1 aliphatic carbocycles. The molecule has 4 rings (SSSR count). The van der Waals surface area contributed by atoms with Gasteiger partial charge in [0.15, 0.2) is 0 Å². The van der Waals surface area contributed by atoms with E-state index in [1.165, 1.54) is 38.5 Å². The molecular weight excluding hydrogens is 566 g/mol. The zero-order valence-corrected chi connectivity index (χ0v) is 27.9. The van der Waals surface area contributed by atoms with Crippen LogP contribution in [-0.4, -0.2) is 82.5 Å². The molecule has 8 nitrogen and oxygen atoms in total. The topological polar surface area (TPSA) is 92.2 Å². The first-order valence-corrected chi connectivity index (χ1v) is 17.2. The van der Waals surface area contributed by atoms with Gasteiger partial charge in [-0.3, -0.25) is 14.7 Å². The van der Waals surface area contributed by atoms with E-state index in [2.05, 4.69) is 22.9 Å². The number of ether oxygens (including phenoxy) is 2. The highest BCUT2D eigenvalue weighted by Gasteiger charge is 2.31. The molecule has 8 heteroatoms. The third-order valence-corrected chi connectivity index (χ3v) is 9.77. The van der Waals surface area contributed by atoms with Crippen LogP contribution in [0.3, 0.4) is 0 Å². The lowest BCUT2D eigenvalue weighted by molar-refractivity contribution is -0.151. The fourth-order valence-electron chi connectivity index (χ4n) is 6.75. The summed E-state index contributed by atoms with van der Waals surface area (Å²) in [6, 6.07) is 6.53. The van der Waals surface area contributed by atoms with Crippen molar-refractivity contribution in [2.75, 3.05) is 26.2 Å². The van der Waals surface area contributed by atoms with E-state index in [-0.39, 0.29) is 30.3 Å². The van der Waals surface area contributed by atoms with E-state index < -0.39 is 24.3 Å². The van der Waals surface area contributed by atoms with E-state index in [1.54, 1.807) is 6.20 Å². The van der Waals surface area contributed by atoms with Crippen molar-refractivity contribution in [2.45, 2.75) is 116 Å². The van der Waals surface area contributed by atoms with E-state index in [0.29, 0.717) is 32.0 Å². The molecule has 1 amide bonds. The maximum absolute atomic E-state index is 13.4. The highest BCUT2D eigenvalue weighted by Crippen LogP contribution is 2.26. The van der Waals surface area contributed by atoms with E-state index in [1.807, 2.05) is 68.2 Å². The van der Waals surface area contributed by atoms with Crippen molar-refractivity contribution in [3.8, 4) is 0 Å². The van der Waals surface area contributed by atoms with Crippen molar-refractivity contribution in [3.05, 3.63) is 66.0 Å². The second-order valence-corrected chi connectivity index (χ2v) is 13.4. The van der Waals surface area contributed by atoms with Gasteiger partial charge < -0.3 is 19.5 Å². The maximum atomic E-state index is 13.4. The first-order valence-electron chi connectivity index (χ1n) is 17.2. The summed E-state index contributed by atoms with van der Waals surface area (Å²) < 4.78 is 12.1. The van der Waals surface area contributed by atoms with Gasteiger partial charge in [0.2, 0.25) is 0 Å². The third kappa shape index (κ3) is 10.8. The average molecular weight is 622 g/mol. The number of cyclic esters (lactones) is 1. The molecule has 1 saturated heterocycles. The van der Waals surface area contributed by atoms with Gasteiger partial charge in [0.25, 0.3) is 0 Å². The molecule has 2 fully saturated rings. The van der Waals surface area contributed by atoms with Crippen LogP contribution in [0.1, 0.15) is 97.1 Å². The van der Waals surface area contributed by atoms with Crippen LogP contribution < -0.4 is 0 Å². The van der Waals surface area contributed by atoms with Crippen molar-refractivity contribution in [3.63, 3.8) is 0 Å². The van der Waals surface area contributed by atoms with Crippen molar-refractivity contribution < 1.29 is 24.2 Å². The molecule has 45 heavy (non-hydrogen) atoms. The van der Waals surface area contributed by atoms with Gasteiger partial charge in [0, 0.05) is 55.9 Å². The number of pyridine rings is 1. The Labute approximate surface area is 270 Å².